The smallest absolute Gasteiger partial charge is 0.311 e. The van der Waals surface area contributed by atoms with E-state index in [1.807, 2.05) is 58.0 Å². The molecule has 200 valence electrons. The van der Waals surface area contributed by atoms with E-state index in [-0.39, 0.29) is 22.4 Å². The quantitative estimate of drug-likeness (QED) is 0.264. The second-order valence-corrected chi connectivity index (χ2v) is 14.5. The van der Waals surface area contributed by atoms with Crippen LogP contribution < -0.4 is 0 Å². The van der Waals surface area contributed by atoms with Crippen LogP contribution in [0.4, 0.5) is 0 Å². The van der Waals surface area contributed by atoms with Crippen molar-refractivity contribution < 1.29 is 17.9 Å². The molecule has 5 rings (SSSR count). The highest BCUT2D eigenvalue weighted by molar-refractivity contribution is 7.90. The van der Waals surface area contributed by atoms with Gasteiger partial charge in [0.15, 0.2) is 0 Å². The van der Waals surface area contributed by atoms with Crippen LogP contribution in [0.2, 0.25) is 0 Å². The van der Waals surface area contributed by atoms with Gasteiger partial charge in [-0.1, -0.05) is 56.2 Å². The Morgan fingerprint density at radius 1 is 1.08 bits per heavy atom. The number of fused-ring (bicyclic) bond motifs is 4. The van der Waals surface area contributed by atoms with Crippen molar-refractivity contribution in [1.82, 2.24) is 3.97 Å². The minimum absolute atomic E-state index is 0.214. The molecule has 38 heavy (non-hydrogen) atoms. The van der Waals surface area contributed by atoms with E-state index in [9.17, 15) is 13.2 Å². The lowest BCUT2D eigenvalue weighted by molar-refractivity contribution is -0.164. The van der Waals surface area contributed by atoms with Crippen molar-refractivity contribution in [3.63, 3.8) is 0 Å². The first-order chi connectivity index (χ1) is 17.6. The van der Waals surface area contributed by atoms with Gasteiger partial charge in [0.2, 0.25) is 0 Å². The van der Waals surface area contributed by atoms with Crippen LogP contribution in [-0.2, 0) is 25.0 Å². The Balaban J connectivity index is 1.61. The van der Waals surface area contributed by atoms with Crippen molar-refractivity contribution in [2.75, 3.05) is 0 Å². The molecule has 2 aromatic carbocycles. The Morgan fingerprint density at radius 3 is 2.34 bits per heavy atom. The summed E-state index contributed by atoms with van der Waals surface area (Å²) in [5, 5.41) is 0.932. The number of rotatable bonds is 4. The van der Waals surface area contributed by atoms with E-state index in [0.717, 1.165) is 22.1 Å². The summed E-state index contributed by atoms with van der Waals surface area (Å²) >= 11 is 0. The zero-order chi connectivity index (χ0) is 27.8. The van der Waals surface area contributed by atoms with E-state index in [1.54, 1.807) is 18.3 Å². The van der Waals surface area contributed by atoms with Crippen molar-refractivity contribution in [2.45, 2.75) is 77.7 Å². The fraction of sp³-hybridized carbons (Fsp3) is 0.406. The number of allylic oxidation sites excluding steroid dienone is 1. The molecule has 0 radical (unpaired) electrons. The first-order valence-corrected chi connectivity index (χ1v) is 14.6. The predicted octanol–water partition coefficient (Wildman–Crippen LogP) is 7.18. The monoisotopic (exact) mass is 531 g/mol. The fourth-order valence-electron chi connectivity index (χ4n) is 6.02. The van der Waals surface area contributed by atoms with E-state index < -0.39 is 20.9 Å². The van der Waals surface area contributed by atoms with Gasteiger partial charge in [-0.15, -0.1) is 6.58 Å². The molecule has 2 aliphatic rings. The molecule has 0 unspecified atom stereocenters. The van der Waals surface area contributed by atoms with Gasteiger partial charge in [-0.25, -0.2) is 12.4 Å². The van der Waals surface area contributed by atoms with Crippen molar-refractivity contribution in [2.24, 2.45) is 10.8 Å². The average Bonchev–Trinajstić information content (AvgIpc) is 3.36. The van der Waals surface area contributed by atoms with Gasteiger partial charge in [0.1, 0.15) is 6.10 Å². The molecule has 2 atom stereocenters. The highest BCUT2D eigenvalue weighted by Crippen LogP contribution is 2.58. The first kappa shape index (κ1) is 26.5. The molecule has 0 bridgehead atoms. The summed E-state index contributed by atoms with van der Waals surface area (Å²) in [7, 11) is -3.75. The van der Waals surface area contributed by atoms with Gasteiger partial charge in [0, 0.05) is 28.8 Å². The van der Waals surface area contributed by atoms with Gasteiger partial charge in [-0.3, -0.25) is 4.79 Å². The third-order valence-corrected chi connectivity index (χ3v) is 10.2. The zero-order valence-electron chi connectivity index (χ0n) is 23.4. The van der Waals surface area contributed by atoms with E-state index in [0.29, 0.717) is 18.4 Å². The minimum atomic E-state index is -3.75. The van der Waals surface area contributed by atoms with Crippen LogP contribution in [-0.4, -0.2) is 24.5 Å². The summed E-state index contributed by atoms with van der Waals surface area (Å²) in [6.45, 7) is 18.2. The third kappa shape index (κ3) is 3.87. The maximum Gasteiger partial charge on any atom is 0.311 e. The molecule has 0 aliphatic heterocycles. The number of benzene rings is 2. The topological polar surface area (TPSA) is 65.4 Å². The van der Waals surface area contributed by atoms with Crippen molar-refractivity contribution >= 4 is 32.5 Å². The van der Waals surface area contributed by atoms with Crippen molar-refractivity contribution in [1.29, 1.82) is 0 Å². The van der Waals surface area contributed by atoms with Gasteiger partial charge in [0.05, 0.1) is 15.8 Å². The summed E-state index contributed by atoms with van der Waals surface area (Å²) in [6, 6.07) is 12.8. The Kier molecular flexibility index (Phi) is 5.88. The molecule has 0 fully saturated rings. The summed E-state index contributed by atoms with van der Waals surface area (Å²) < 4.78 is 34.7. The molecule has 6 heteroatoms. The lowest BCUT2D eigenvalue weighted by Crippen LogP contribution is -2.41. The molecule has 1 heterocycles. The minimum Gasteiger partial charge on any atom is -0.461 e. The third-order valence-electron chi connectivity index (χ3n) is 8.49. The summed E-state index contributed by atoms with van der Waals surface area (Å²) in [6.07, 6.45) is 4.59. The fourth-order valence-corrected chi connectivity index (χ4v) is 7.37. The number of ether oxygens (including phenoxy) is 1. The molecular weight excluding hydrogens is 494 g/mol. The molecule has 2 aliphatic carbocycles. The normalized spacial score (nSPS) is 22.8. The second kappa shape index (κ2) is 8.44. The Labute approximate surface area is 226 Å². The van der Waals surface area contributed by atoms with Crippen LogP contribution in [0.3, 0.4) is 0 Å². The molecular formula is C32H37NO4S. The van der Waals surface area contributed by atoms with Crippen LogP contribution in [0.15, 0.2) is 71.8 Å². The van der Waals surface area contributed by atoms with E-state index >= 15 is 0 Å². The van der Waals surface area contributed by atoms with E-state index in [4.69, 9.17) is 4.74 Å². The number of aryl methyl sites for hydroxylation is 1. The maximum absolute atomic E-state index is 13.6. The van der Waals surface area contributed by atoms with Gasteiger partial charge in [-0.2, -0.15) is 0 Å². The predicted molar refractivity (Wildman–Crippen MR) is 153 cm³/mol. The molecule has 0 N–H and O–H groups in total. The number of hydrogen-bond acceptors (Lipinski definition) is 4. The van der Waals surface area contributed by atoms with E-state index in [1.165, 1.54) is 15.1 Å². The lowest BCUT2D eigenvalue weighted by Gasteiger charge is -2.42. The molecule has 0 saturated heterocycles. The largest absolute Gasteiger partial charge is 0.461 e. The Morgan fingerprint density at radius 2 is 1.74 bits per heavy atom. The summed E-state index contributed by atoms with van der Waals surface area (Å²) in [5.41, 5.74) is 5.11. The number of nitrogens with zero attached hydrogens (tertiary/aromatic N) is 1. The lowest BCUT2D eigenvalue weighted by atomic mass is 9.67. The molecule has 1 aromatic heterocycles. The standard InChI is InChI=1S/C32H37NO4S/c1-9-32(8)19-24-22-14-15-26-23(16-17-33(26)38(35,36)21-12-10-20(2)11-13-21)28(22)31(6,7)25(24)18-27(32)37-29(34)30(3,4)5/h9-17,27H,1,18-19H2,2-8H3/t27-,32-/m1/s1. The number of aromatic nitrogens is 1. The van der Waals surface area contributed by atoms with E-state index in [2.05, 4.69) is 33.4 Å². The SMILES string of the molecule is C=C[C@]1(C)CC2=C(C[C@H]1OC(=O)C(C)(C)C)C(C)(C)c1c2ccc2c1ccn2S(=O)(=O)c1ccc(C)cc1. The van der Waals surface area contributed by atoms with Gasteiger partial charge in [0.25, 0.3) is 10.0 Å². The van der Waals surface area contributed by atoms with Crippen LogP contribution in [0.25, 0.3) is 16.5 Å². The molecule has 5 nitrogen and oxygen atoms in total. The number of esters is 1. The number of carbonyl (C=O) groups is 1. The first-order valence-electron chi connectivity index (χ1n) is 13.2. The Hall–Kier alpha value is -3.12. The maximum atomic E-state index is 13.6. The van der Waals surface area contributed by atoms with Gasteiger partial charge in [-0.05, 0) is 75.1 Å². The molecule has 0 saturated carbocycles. The van der Waals surface area contributed by atoms with Crippen LogP contribution in [0.5, 0.6) is 0 Å². The van der Waals surface area contributed by atoms with Crippen LogP contribution in [0.1, 0.15) is 71.1 Å². The average molecular weight is 532 g/mol. The summed E-state index contributed by atoms with van der Waals surface area (Å²) in [5.74, 6) is -0.214. The Bertz CT molecular complexity index is 1610. The van der Waals surface area contributed by atoms with Gasteiger partial charge >= 0.3 is 5.97 Å². The number of carbonyl (C=O) groups excluding carboxylic acids is 1. The zero-order valence-corrected chi connectivity index (χ0v) is 24.2. The number of hydrogen-bond donors (Lipinski definition) is 0. The molecule has 0 spiro atoms. The summed E-state index contributed by atoms with van der Waals surface area (Å²) in [4.78, 5) is 13.1. The van der Waals surface area contributed by atoms with Crippen molar-refractivity contribution in [3.05, 3.63) is 83.6 Å². The second-order valence-electron chi connectivity index (χ2n) is 12.7. The highest BCUT2D eigenvalue weighted by atomic mass is 32.2. The molecule has 0 amide bonds. The van der Waals surface area contributed by atoms with Gasteiger partial charge < -0.3 is 4.74 Å². The van der Waals surface area contributed by atoms with Crippen LogP contribution in [0, 0.1) is 17.8 Å². The van der Waals surface area contributed by atoms with Crippen molar-refractivity contribution in [3.8, 4) is 0 Å². The molecule has 3 aromatic rings. The highest BCUT2D eigenvalue weighted by Gasteiger charge is 2.49. The van der Waals surface area contributed by atoms with Crippen LogP contribution >= 0.6 is 0 Å².